The van der Waals surface area contributed by atoms with Crippen molar-refractivity contribution in [2.75, 3.05) is 13.7 Å². The zero-order valence-corrected chi connectivity index (χ0v) is 13.5. The van der Waals surface area contributed by atoms with Crippen molar-refractivity contribution < 1.29 is 9.53 Å². The molecule has 0 bridgehead atoms. The predicted octanol–water partition coefficient (Wildman–Crippen LogP) is 1.92. The molecular weight excluding hydrogens is 336 g/mol. The number of nitrogens with one attached hydrogen (secondary N) is 1. The number of amides is 1. The summed E-state index contributed by atoms with van der Waals surface area (Å²) in [5.41, 5.74) is 0.674. The van der Waals surface area contributed by atoms with Gasteiger partial charge in [-0.2, -0.15) is 0 Å². The minimum absolute atomic E-state index is 0.0538. The van der Waals surface area contributed by atoms with Gasteiger partial charge in [0.15, 0.2) is 5.43 Å². The van der Waals surface area contributed by atoms with Crippen LogP contribution in [0.1, 0.15) is 6.92 Å². The van der Waals surface area contributed by atoms with Crippen LogP contribution in [0.2, 0.25) is 0 Å². The summed E-state index contributed by atoms with van der Waals surface area (Å²) in [6, 6.07) is 6.82. The number of methoxy groups -OCH3 is 1. The third-order valence-corrected chi connectivity index (χ3v) is 3.57. The number of nitrogens with zero attached hydrogens (tertiary/aromatic N) is 1. The summed E-state index contributed by atoms with van der Waals surface area (Å²) in [5, 5.41) is 3.44. The molecule has 112 valence electrons. The van der Waals surface area contributed by atoms with E-state index in [0.29, 0.717) is 12.0 Å². The first kappa shape index (κ1) is 15.7. The van der Waals surface area contributed by atoms with E-state index in [9.17, 15) is 9.59 Å². The molecule has 1 heterocycles. The third-order valence-electron chi connectivity index (χ3n) is 3.08. The maximum absolute atomic E-state index is 12.0. The maximum Gasteiger partial charge on any atom is 0.240 e. The number of carbonyl (C=O) groups excluding carboxylic acids is 1. The molecule has 21 heavy (non-hydrogen) atoms. The molecule has 0 aliphatic heterocycles. The molecule has 0 unspecified atom stereocenters. The predicted molar refractivity (Wildman–Crippen MR) is 85.4 cm³/mol. The van der Waals surface area contributed by atoms with Crippen molar-refractivity contribution >= 4 is 32.7 Å². The Morgan fingerprint density at radius 3 is 2.90 bits per heavy atom. The number of aromatic nitrogens is 1. The zero-order valence-electron chi connectivity index (χ0n) is 11.9. The molecule has 0 aliphatic rings. The lowest BCUT2D eigenvalue weighted by Crippen LogP contribution is -2.37. The number of hydrogen-bond acceptors (Lipinski definition) is 3. The molecule has 1 N–H and O–H groups in total. The standard InChI is InChI=1S/C15H17BrN2O3/c1-10(9-21-2)17-15(20)8-18-6-5-14(19)12-4-3-11(16)7-13(12)18/h3-7,10H,8-9H2,1-2H3,(H,17,20)/t10-/m0/s1. The number of benzene rings is 1. The van der Waals surface area contributed by atoms with E-state index in [-0.39, 0.29) is 23.9 Å². The second-order valence-electron chi connectivity index (χ2n) is 4.89. The van der Waals surface area contributed by atoms with E-state index in [0.717, 1.165) is 9.99 Å². The van der Waals surface area contributed by atoms with Crippen LogP contribution < -0.4 is 10.7 Å². The van der Waals surface area contributed by atoms with E-state index in [1.807, 2.05) is 19.1 Å². The Kier molecular flexibility index (Phi) is 5.14. The zero-order chi connectivity index (χ0) is 15.4. The van der Waals surface area contributed by atoms with E-state index in [1.54, 1.807) is 23.9 Å². The number of hydrogen-bond donors (Lipinski definition) is 1. The summed E-state index contributed by atoms with van der Waals surface area (Å²) in [6.45, 7) is 2.49. The lowest BCUT2D eigenvalue weighted by Gasteiger charge is -2.15. The second-order valence-corrected chi connectivity index (χ2v) is 5.81. The Balaban J connectivity index is 2.26. The molecule has 5 nitrogen and oxygen atoms in total. The van der Waals surface area contributed by atoms with E-state index >= 15 is 0 Å². The first-order chi connectivity index (χ1) is 10.0. The van der Waals surface area contributed by atoms with E-state index in [1.165, 1.54) is 6.07 Å². The van der Waals surface area contributed by atoms with Gasteiger partial charge in [0.25, 0.3) is 0 Å². The van der Waals surface area contributed by atoms with Gasteiger partial charge in [0.05, 0.1) is 12.1 Å². The Hall–Kier alpha value is -1.66. The third kappa shape index (κ3) is 3.92. The van der Waals surface area contributed by atoms with Crippen LogP contribution in [-0.4, -0.2) is 30.2 Å². The van der Waals surface area contributed by atoms with Gasteiger partial charge in [-0.15, -0.1) is 0 Å². The highest BCUT2D eigenvalue weighted by molar-refractivity contribution is 9.10. The van der Waals surface area contributed by atoms with Gasteiger partial charge in [0.1, 0.15) is 6.54 Å². The highest BCUT2D eigenvalue weighted by atomic mass is 79.9. The van der Waals surface area contributed by atoms with Gasteiger partial charge in [-0.3, -0.25) is 9.59 Å². The van der Waals surface area contributed by atoms with Crippen LogP contribution >= 0.6 is 15.9 Å². The van der Waals surface area contributed by atoms with E-state index in [2.05, 4.69) is 21.2 Å². The number of fused-ring (bicyclic) bond motifs is 1. The number of rotatable bonds is 5. The summed E-state index contributed by atoms with van der Waals surface area (Å²) in [4.78, 5) is 23.9. The maximum atomic E-state index is 12.0. The lowest BCUT2D eigenvalue weighted by atomic mass is 10.2. The van der Waals surface area contributed by atoms with Crippen molar-refractivity contribution in [1.29, 1.82) is 0 Å². The van der Waals surface area contributed by atoms with Crippen molar-refractivity contribution in [1.82, 2.24) is 9.88 Å². The summed E-state index contributed by atoms with van der Waals surface area (Å²) in [5.74, 6) is -0.121. The fourth-order valence-electron chi connectivity index (χ4n) is 2.18. The normalized spacial score (nSPS) is 12.3. The van der Waals surface area contributed by atoms with Crippen molar-refractivity contribution in [3.05, 3.63) is 45.2 Å². The van der Waals surface area contributed by atoms with Gasteiger partial charge >= 0.3 is 0 Å². The van der Waals surface area contributed by atoms with Gasteiger partial charge < -0.3 is 14.6 Å². The highest BCUT2D eigenvalue weighted by Gasteiger charge is 2.10. The largest absolute Gasteiger partial charge is 0.383 e. The molecule has 0 spiro atoms. The van der Waals surface area contributed by atoms with E-state index < -0.39 is 0 Å². The van der Waals surface area contributed by atoms with Gasteiger partial charge in [0.2, 0.25) is 5.91 Å². The van der Waals surface area contributed by atoms with Crippen LogP contribution in [0.25, 0.3) is 10.9 Å². The Bertz CT molecular complexity index is 712. The van der Waals surface area contributed by atoms with Crippen LogP contribution in [0, 0.1) is 0 Å². The molecule has 1 amide bonds. The molecule has 2 rings (SSSR count). The van der Waals surface area contributed by atoms with Crippen molar-refractivity contribution in [3.8, 4) is 0 Å². The van der Waals surface area contributed by atoms with Crippen molar-refractivity contribution in [3.63, 3.8) is 0 Å². The summed E-state index contributed by atoms with van der Waals surface area (Å²) in [7, 11) is 1.59. The van der Waals surface area contributed by atoms with Gasteiger partial charge in [-0.05, 0) is 25.1 Å². The molecule has 0 saturated heterocycles. The van der Waals surface area contributed by atoms with E-state index in [4.69, 9.17) is 4.74 Å². The minimum atomic E-state index is -0.121. The highest BCUT2D eigenvalue weighted by Crippen LogP contribution is 2.17. The molecule has 0 saturated carbocycles. The molecule has 0 radical (unpaired) electrons. The average molecular weight is 353 g/mol. The summed E-state index contributed by atoms with van der Waals surface area (Å²) < 4.78 is 7.61. The monoisotopic (exact) mass is 352 g/mol. The Labute approximate surface area is 131 Å². The average Bonchev–Trinajstić information content (AvgIpc) is 2.42. The van der Waals surface area contributed by atoms with Crippen LogP contribution in [0.5, 0.6) is 0 Å². The minimum Gasteiger partial charge on any atom is -0.383 e. The molecule has 2 aromatic rings. The topological polar surface area (TPSA) is 60.3 Å². The molecule has 6 heteroatoms. The summed E-state index contributed by atoms with van der Waals surface area (Å²) in [6.07, 6.45) is 1.64. The first-order valence-corrected chi connectivity index (χ1v) is 7.37. The van der Waals surface area contributed by atoms with Gasteiger partial charge in [-0.25, -0.2) is 0 Å². The van der Waals surface area contributed by atoms with Crippen LogP contribution in [0.4, 0.5) is 0 Å². The molecule has 0 fully saturated rings. The molecule has 1 aromatic carbocycles. The SMILES string of the molecule is COC[C@H](C)NC(=O)Cn1ccc(=O)c2ccc(Br)cc21. The fraction of sp³-hybridized carbons (Fsp3) is 0.333. The Morgan fingerprint density at radius 2 is 2.19 bits per heavy atom. The van der Waals surface area contributed by atoms with Crippen LogP contribution in [-0.2, 0) is 16.1 Å². The first-order valence-electron chi connectivity index (χ1n) is 6.58. The quantitative estimate of drug-likeness (QED) is 0.894. The van der Waals surface area contributed by atoms with Crippen LogP contribution in [0.15, 0.2) is 39.7 Å². The van der Waals surface area contributed by atoms with Crippen molar-refractivity contribution in [2.24, 2.45) is 0 Å². The lowest BCUT2D eigenvalue weighted by molar-refractivity contribution is -0.122. The van der Waals surface area contributed by atoms with Crippen LogP contribution in [0.3, 0.4) is 0 Å². The fourth-order valence-corrected chi connectivity index (χ4v) is 2.53. The number of halogens is 1. The van der Waals surface area contributed by atoms with Gasteiger partial charge in [-0.1, -0.05) is 15.9 Å². The number of pyridine rings is 1. The molecule has 1 aromatic heterocycles. The second kappa shape index (κ2) is 6.87. The number of ether oxygens (including phenoxy) is 1. The number of carbonyl (C=O) groups is 1. The van der Waals surface area contributed by atoms with Gasteiger partial charge in [0, 0.05) is 35.3 Å². The molecule has 1 atom stereocenters. The summed E-state index contributed by atoms with van der Waals surface area (Å²) >= 11 is 3.39. The van der Waals surface area contributed by atoms with Crippen molar-refractivity contribution in [2.45, 2.75) is 19.5 Å². The molecular formula is C15H17BrN2O3. The smallest absolute Gasteiger partial charge is 0.240 e. The Morgan fingerprint density at radius 1 is 1.43 bits per heavy atom. The molecule has 0 aliphatic carbocycles.